The number of carbonyl (C=O) groups is 1. The van der Waals surface area contributed by atoms with E-state index in [1.807, 2.05) is 24.3 Å². The second kappa shape index (κ2) is 8.24. The molecule has 0 bridgehead atoms. The zero-order chi connectivity index (χ0) is 18.4. The number of para-hydroxylation sites is 1. The summed E-state index contributed by atoms with van der Waals surface area (Å²) in [4.78, 5) is 11.9. The second-order valence-electron chi connectivity index (χ2n) is 5.60. The van der Waals surface area contributed by atoms with Crippen LogP contribution in [0.3, 0.4) is 0 Å². The first-order chi connectivity index (χ1) is 12.7. The minimum atomic E-state index is -0.323. The summed E-state index contributed by atoms with van der Waals surface area (Å²) in [6.07, 6.45) is 0.605. The zero-order valence-electron chi connectivity index (χ0n) is 14.2. The van der Waals surface area contributed by atoms with E-state index in [4.69, 9.17) is 9.15 Å². The van der Waals surface area contributed by atoms with Crippen LogP contribution in [0.2, 0.25) is 0 Å². The molecule has 3 aromatic rings. The fraction of sp³-hybridized carbons (Fsp3) is 0.211. The van der Waals surface area contributed by atoms with Crippen LogP contribution in [-0.2, 0) is 17.6 Å². The van der Waals surface area contributed by atoms with E-state index < -0.39 is 0 Å². The van der Waals surface area contributed by atoms with Gasteiger partial charge in [-0.2, -0.15) is 0 Å². The highest BCUT2D eigenvalue weighted by Gasteiger charge is 2.13. The van der Waals surface area contributed by atoms with Crippen LogP contribution in [0.15, 0.2) is 52.9 Å². The van der Waals surface area contributed by atoms with Crippen LogP contribution >= 0.6 is 0 Å². The Morgan fingerprint density at radius 2 is 1.92 bits per heavy atom. The predicted molar refractivity (Wildman–Crippen MR) is 93.1 cm³/mol. The summed E-state index contributed by atoms with van der Waals surface area (Å²) < 4.78 is 23.8. The Morgan fingerprint density at radius 1 is 1.15 bits per heavy atom. The van der Waals surface area contributed by atoms with Crippen molar-refractivity contribution in [3.05, 3.63) is 65.8 Å². The van der Waals surface area contributed by atoms with Crippen molar-refractivity contribution in [1.82, 2.24) is 15.5 Å². The van der Waals surface area contributed by atoms with Gasteiger partial charge in [-0.1, -0.05) is 24.3 Å². The van der Waals surface area contributed by atoms with E-state index in [1.165, 1.54) is 12.1 Å². The Hall–Kier alpha value is -3.22. The molecule has 0 radical (unpaired) electrons. The number of amides is 1. The first kappa shape index (κ1) is 17.6. The van der Waals surface area contributed by atoms with Crippen molar-refractivity contribution in [2.24, 2.45) is 0 Å². The van der Waals surface area contributed by atoms with Crippen molar-refractivity contribution in [1.29, 1.82) is 0 Å². The number of ether oxygens (including phenoxy) is 1. The van der Waals surface area contributed by atoms with Gasteiger partial charge in [0.05, 0.1) is 19.1 Å². The van der Waals surface area contributed by atoms with Gasteiger partial charge in [-0.15, -0.1) is 10.2 Å². The number of nitrogens with one attached hydrogen (secondary N) is 1. The SMILES string of the molecule is COc1ccccc1-c1nnc(CCNC(=O)Cc2ccc(F)cc2)o1. The van der Waals surface area contributed by atoms with Crippen molar-refractivity contribution < 1.29 is 18.3 Å². The summed E-state index contributed by atoms with van der Waals surface area (Å²) in [5.41, 5.74) is 1.47. The monoisotopic (exact) mass is 355 g/mol. The summed E-state index contributed by atoms with van der Waals surface area (Å²) >= 11 is 0. The topological polar surface area (TPSA) is 77.3 Å². The van der Waals surface area contributed by atoms with Crippen LogP contribution < -0.4 is 10.1 Å². The minimum absolute atomic E-state index is 0.152. The highest BCUT2D eigenvalue weighted by atomic mass is 19.1. The number of halogens is 1. The van der Waals surface area contributed by atoms with Crippen molar-refractivity contribution >= 4 is 5.91 Å². The zero-order valence-corrected chi connectivity index (χ0v) is 14.2. The number of nitrogens with zero attached hydrogens (tertiary/aromatic N) is 2. The highest BCUT2D eigenvalue weighted by molar-refractivity contribution is 5.78. The summed E-state index contributed by atoms with van der Waals surface area (Å²) in [5.74, 6) is 0.968. The van der Waals surface area contributed by atoms with Crippen molar-refractivity contribution in [3.63, 3.8) is 0 Å². The Labute approximate surface area is 150 Å². The third-order valence-corrected chi connectivity index (χ3v) is 3.74. The molecule has 0 spiro atoms. The van der Waals surface area contributed by atoms with Crippen LogP contribution in [0.1, 0.15) is 11.5 Å². The molecule has 0 atom stereocenters. The molecule has 26 heavy (non-hydrogen) atoms. The van der Waals surface area contributed by atoms with E-state index >= 15 is 0 Å². The lowest BCUT2D eigenvalue weighted by atomic mass is 10.1. The van der Waals surface area contributed by atoms with Crippen LogP contribution in [0.4, 0.5) is 4.39 Å². The van der Waals surface area contributed by atoms with Crippen molar-refractivity contribution in [2.45, 2.75) is 12.8 Å². The normalized spacial score (nSPS) is 10.5. The Bertz CT molecular complexity index is 878. The number of hydrogen-bond acceptors (Lipinski definition) is 5. The molecule has 3 rings (SSSR count). The molecule has 134 valence electrons. The molecule has 0 aliphatic rings. The predicted octanol–water partition coefficient (Wildman–Crippen LogP) is 2.79. The minimum Gasteiger partial charge on any atom is -0.496 e. The number of rotatable bonds is 7. The molecule has 1 aromatic heterocycles. The van der Waals surface area contributed by atoms with Crippen molar-refractivity contribution in [3.8, 4) is 17.2 Å². The molecule has 0 saturated heterocycles. The molecule has 0 unspecified atom stereocenters. The van der Waals surface area contributed by atoms with Gasteiger partial charge < -0.3 is 14.5 Å². The molecule has 0 aliphatic carbocycles. The number of aromatic nitrogens is 2. The van der Waals surface area contributed by atoms with E-state index in [2.05, 4.69) is 15.5 Å². The van der Waals surface area contributed by atoms with E-state index in [0.29, 0.717) is 36.1 Å². The largest absolute Gasteiger partial charge is 0.496 e. The summed E-state index contributed by atoms with van der Waals surface area (Å²) in [5, 5.41) is 10.8. The molecule has 6 nitrogen and oxygen atoms in total. The maximum Gasteiger partial charge on any atom is 0.251 e. The Balaban J connectivity index is 1.52. The van der Waals surface area contributed by atoms with Gasteiger partial charge in [-0.05, 0) is 29.8 Å². The van der Waals surface area contributed by atoms with Crippen molar-refractivity contribution in [2.75, 3.05) is 13.7 Å². The van der Waals surface area contributed by atoms with Gasteiger partial charge in [0, 0.05) is 13.0 Å². The van der Waals surface area contributed by atoms with Gasteiger partial charge >= 0.3 is 0 Å². The third kappa shape index (κ3) is 4.44. The standard InChI is InChI=1S/C19H18FN3O3/c1-25-16-5-3-2-4-15(16)19-23-22-18(26-19)10-11-21-17(24)12-13-6-8-14(20)9-7-13/h2-9H,10-12H2,1H3,(H,21,24). The number of benzene rings is 2. The average molecular weight is 355 g/mol. The quantitative estimate of drug-likeness (QED) is 0.705. The highest BCUT2D eigenvalue weighted by Crippen LogP contribution is 2.28. The van der Waals surface area contributed by atoms with E-state index in [-0.39, 0.29) is 18.1 Å². The molecule has 0 saturated carbocycles. The first-order valence-electron chi connectivity index (χ1n) is 8.12. The van der Waals surface area contributed by atoms with Gasteiger partial charge in [0.25, 0.3) is 5.89 Å². The van der Waals surface area contributed by atoms with Gasteiger partial charge in [-0.25, -0.2) is 4.39 Å². The summed E-state index contributed by atoms with van der Waals surface area (Å²) in [6.45, 7) is 0.369. The lowest BCUT2D eigenvalue weighted by Gasteiger charge is -2.04. The number of hydrogen-bond donors (Lipinski definition) is 1. The number of methoxy groups -OCH3 is 1. The lowest BCUT2D eigenvalue weighted by Crippen LogP contribution is -2.27. The molecule has 2 aromatic carbocycles. The molecule has 7 heteroatoms. The second-order valence-corrected chi connectivity index (χ2v) is 5.60. The van der Waals surface area contributed by atoms with Gasteiger partial charge in [0.1, 0.15) is 11.6 Å². The molecular weight excluding hydrogens is 337 g/mol. The van der Waals surface area contributed by atoms with Gasteiger partial charge in [0.15, 0.2) is 0 Å². The number of carbonyl (C=O) groups excluding carboxylic acids is 1. The van der Waals surface area contributed by atoms with E-state index in [1.54, 1.807) is 19.2 Å². The fourth-order valence-electron chi connectivity index (χ4n) is 2.44. The van der Waals surface area contributed by atoms with Crippen LogP contribution in [-0.4, -0.2) is 29.8 Å². The maximum absolute atomic E-state index is 12.9. The Kier molecular flexibility index (Phi) is 5.58. The van der Waals surface area contributed by atoms with Crippen LogP contribution in [0.5, 0.6) is 5.75 Å². The Morgan fingerprint density at radius 3 is 2.69 bits per heavy atom. The fourth-order valence-corrected chi connectivity index (χ4v) is 2.44. The smallest absolute Gasteiger partial charge is 0.251 e. The lowest BCUT2D eigenvalue weighted by molar-refractivity contribution is -0.120. The van der Waals surface area contributed by atoms with Gasteiger partial charge in [-0.3, -0.25) is 4.79 Å². The van der Waals surface area contributed by atoms with Crippen LogP contribution in [0.25, 0.3) is 11.5 Å². The molecule has 1 heterocycles. The summed E-state index contributed by atoms with van der Waals surface area (Å²) in [6, 6.07) is 13.2. The third-order valence-electron chi connectivity index (χ3n) is 3.74. The maximum atomic E-state index is 12.9. The molecule has 0 fully saturated rings. The van der Waals surface area contributed by atoms with Gasteiger partial charge in [0.2, 0.25) is 11.8 Å². The van der Waals surface area contributed by atoms with Crippen LogP contribution in [0, 0.1) is 5.82 Å². The average Bonchev–Trinajstić information content (AvgIpc) is 3.12. The van der Waals surface area contributed by atoms with E-state index in [9.17, 15) is 9.18 Å². The molecule has 1 amide bonds. The van der Waals surface area contributed by atoms with E-state index in [0.717, 1.165) is 5.56 Å². The molecule has 0 aliphatic heterocycles. The molecule has 1 N–H and O–H groups in total. The molecular formula is C19H18FN3O3. The summed E-state index contributed by atoms with van der Waals surface area (Å²) in [7, 11) is 1.58. The first-order valence-corrected chi connectivity index (χ1v) is 8.12.